The van der Waals surface area contributed by atoms with Crippen LogP contribution >= 0.6 is 0 Å². The molecule has 0 aliphatic rings. The zero-order chi connectivity index (χ0) is 47.2. The Labute approximate surface area is 383 Å². The molecule has 12 heteroatoms. The van der Waals surface area contributed by atoms with Gasteiger partial charge in [-0.15, -0.1) is 0 Å². The van der Waals surface area contributed by atoms with Gasteiger partial charge in [0.05, 0.1) is 0 Å². The highest BCUT2D eigenvalue weighted by atomic mass is 16.6. The second kappa shape index (κ2) is 21.9. The molecule has 2 aromatic heterocycles. The average molecular weight is 879 g/mol. The van der Waals surface area contributed by atoms with E-state index in [0.717, 1.165) is 22.5 Å². The van der Waals surface area contributed by atoms with E-state index >= 15 is 0 Å². The summed E-state index contributed by atoms with van der Waals surface area (Å²) in [6.45, 7) is 18.3. The molecule has 6 rings (SSSR count). The predicted molar refractivity (Wildman–Crippen MR) is 260 cm³/mol. The van der Waals surface area contributed by atoms with Crippen molar-refractivity contribution in [1.82, 2.24) is 9.97 Å². The van der Waals surface area contributed by atoms with Crippen LogP contribution in [0.4, 0.5) is 27.8 Å². The number of ether oxygens (including phenoxy) is 3. The molecule has 0 saturated heterocycles. The van der Waals surface area contributed by atoms with Crippen molar-refractivity contribution in [2.75, 3.05) is 21.7 Å². The van der Waals surface area contributed by atoms with Crippen LogP contribution in [0, 0.1) is 0 Å². The van der Waals surface area contributed by atoms with Gasteiger partial charge in [0.15, 0.2) is 0 Å². The molecule has 0 radical (unpaired) electrons. The molecule has 0 atom stereocenters. The average Bonchev–Trinajstić information content (AvgIpc) is 3.22. The smallest absolute Gasteiger partial charge is 0.413 e. The number of amides is 3. The van der Waals surface area contributed by atoms with E-state index in [9.17, 15) is 14.4 Å². The number of aryl methyl sites for hydroxylation is 2. The highest BCUT2D eigenvalue weighted by Gasteiger charge is 2.18. The van der Waals surface area contributed by atoms with Gasteiger partial charge in [-0.1, -0.05) is 90.1 Å². The molecule has 0 aliphatic carbocycles. The fraction of sp³-hybridized carbons (Fsp3) is 0.302. The number of anilines is 4. The summed E-state index contributed by atoms with van der Waals surface area (Å²) in [5.41, 5.74) is 11.1. The number of nitrogens with two attached hydrogens (primary N) is 1. The summed E-state index contributed by atoms with van der Waals surface area (Å²) in [4.78, 5) is 45.0. The van der Waals surface area contributed by atoms with Gasteiger partial charge in [-0.05, 0) is 127 Å². The topological polar surface area (TPSA) is 167 Å². The van der Waals surface area contributed by atoms with E-state index in [-0.39, 0.29) is 22.6 Å². The zero-order valence-corrected chi connectivity index (χ0v) is 39.0. The van der Waals surface area contributed by atoms with E-state index in [4.69, 9.17) is 19.9 Å². The van der Waals surface area contributed by atoms with E-state index in [1.807, 2.05) is 84.9 Å². The van der Waals surface area contributed by atoms with Gasteiger partial charge in [0.25, 0.3) is 0 Å². The molecule has 0 bridgehead atoms. The van der Waals surface area contributed by atoms with Crippen molar-refractivity contribution in [3.8, 4) is 23.0 Å². The van der Waals surface area contributed by atoms with Crippen LogP contribution in [0.1, 0.15) is 97.4 Å². The normalized spacial score (nSPS) is 11.3. The number of rotatable bonds is 13. The first kappa shape index (κ1) is 48.8. The second-order valence-corrected chi connectivity index (χ2v) is 18.7. The van der Waals surface area contributed by atoms with E-state index < -0.39 is 11.7 Å². The molecule has 2 heterocycles. The Morgan fingerprint density at radius 2 is 0.969 bits per heavy atom. The van der Waals surface area contributed by atoms with Gasteiger partial charge < -0.3 is 30.6 Å². The molecule has 0 aliphatic heterocycles. The minimum Gasteiger partial charge on any atom is -0.457 e. The first-order valence-electron chi connectivity index (χ1n) is 21.7. The SMILES string of the molecule is CC(C)(C)OC(=O)Nc1cc(Oc2cccc(CCC(=O)Nc3cccc(C(C)(C)C)c3)c2)ccn1.CC(C)(C)c1cccc(NC(=O)CCc2cccc(Oc3ccnc(N)c3)c2)c1. The van der Waals surface area contributed by atoms with Crippen molar-refractivity contribution in [3.63, 3.8) is 0 Å². The number of benzene rings is 4. The number of nitrogen functional groups attached to an aromatic ring is 1. The van der Waals surface area contributed by atoms with Crippen LogP contribution in [-0.4, -0.2) is 33.5 Å². The summed E-state index contributed by atoms with van der Waals surface area (Å²) in [5.74, 6) is 3.15. The second-order valence-electron chi connectivity index (χ2n) is 18.7. The van der Waals surface area contributed by atoms with Crippen LogP contribution in [0.5, 0.6) is 23.0 Å². The number of carbonyl (C=O) groups excluding carboxylic acids is 3. The lowest BCUT2D eigenvalue weighted by Gasteiger charge is -2.19. The zero-order valence-electron chi connectivity index (χ0n) is 39.0. The third-order valence-electron chi connectivity index (χ3n) is 9.69. The minimum atomic E-state index is -0.605. The number of nitrogens with one attached hydrogen (secondary N) is 3. The summed E-state index contributed by atoms with van der Waals surface area (Å²) in [6, 6.07) is 38.0. The third-order valence-corrected chi connectivity index (χ3v) is 9.69. The number of hydrogen-bond donors (Lipinski definition) is 4. The van der Waals surface area contributed by atoms with E-state index in [0.29, 0.717) is 60.3 Å². The summed E-state index contributed by atoms with van der Waals surface area (Å²) in [6.07, 6.45) is 4.51. The Bertz CT molecular complexity index is 2550. The van der Waals surface area contributed by atoms with Crippen LogP contribution < -0.4 is 31.2 Å². The lowest BCUT2D eigenvalue weighted by molar-refractivity contribution is -0.117. The Balaban J connectivity index is 0.000000250. The first-order valence-corrected chi connectivity index (χ1v) is 21.7. The molecule has 5 N–H and O–H groups in total. The first-order chi connectivity index (χ1) is 30.7. The van der Waals surface area contributed by atoms with Gasteiger partial charge in [0.2, 0.25) is 11.8 Å². The maximum absolute atomic E-state index is 12.5. The number of aromatic nitrogens is 2. The molecule has 340 valence electrons. The summed E-state index contributed by atoms with van der Waals surface area (Å²) in [5, 5.41) is 8.59. The van der Waals surface area contributed by atoms with Crippen molar-refractivity contribution in [2.24, 2.45) is 0 Å². The number of pyridine rings is 2. The molecule has 0 unspecified atom stereocenters. The Kier molecular flexibility index (Phi) is 16.5. The fourth-order valence-corrected chi connectivity index (χ4v) is 6.33. The van der Waals surface area contributed by atoms with Crippen LogP contribution in [0.3, 0.4) is 0 Å². The fourth-order valence-electron chi connectivity index (χ4n) is 6.33. The quantitative estimate of drug-likeness (QED) is 0.0883. The lowest BCUT2D eigenvalue weighted by atomic mass is 9.87. The summed E-state index contributed by atoms with van der Waals surface area (Å²) in [7, 11) is 0. The molecule has 12 nitrogen and oxygen atoms in total. The molecular formula is C53H62N6O6. The maximum atomic E-state index is 12.5. The highest BCUT2D eigenvalue weighted by molar-refractivity contribution is 5.91. The molecule has 3 amide bonds. The number of nitrogens with zero attached hydrogens (tertiary/aromatic N) is 2. The molecule has 0 fully saturated rings. The molecule has 65 heavy (non-hydrogen) atoms. The summed E-state index contributed by atoms with van der Waals surface area (Å²) < 4.78 is 17.0. The Morgan fingerprint density at radius 3 is 1.43 bits per heavy atom. The van der Waals surface area contributed by atoms with Crippen molar-refractivity contribution >= 4 is 40.9 Å². The van der Waals surface area contributed by atoms with Crippen LogP contribution in [0.15, 0.2) is 134 Å². The summed E-state index contributed by atoms with van der Waals surface area (Å²) >= 11 is 0. The standard InChI is InChI=1S/C29H35N3O4.C24H27N3O2/c1-28(2,3)21-10-8-11-22(18-21)31-26(33)14-13-20-9-7-12-23(17-20)35-24-15-16-30-25(19-24)32-27(34)36-29(4,5)6;1-24(2,3)18-7-5-8-19(15-18)27-23(28)11-10-17-6-4-9-20(14-17)29-21-12-13-26-22(25)16-21/h7-12,15-19H,13-14H2,1-6H3,(H,31,33)(H,30,32,34);4-9,12-16H,10-11H2,1-3H3,(H2,25,26)(H,27,28). The maximum Gasteiger partial charge on any atom is 0.413 e. The molecule has 6 aromatic rings. The van der Waals surface area contributed by atoms with Gasteiger partial charge in [0.1, 0.15) is 40.2 Å². The van der Waals surface area contributed by atoms with Gasteiger partial charge in [-0.25, -0.2) is 14.8 Å². The molecule has 0 saturated carbocycles. The van der Waals surface area contributed by atoms with E-state index in [1.54, 1.807) is 57.4 Å². The molecular weight excluding hydrogens is 817 g/mol. The van der Waals surface area contributed by atoms with Crippen LogP contribution in [-0.2, 0) is 38.0 Å². The number of carbonyl (C=O) groups is 3. The molecule has 4 aromatic carbocycles. The van der Waals surface area contributed by atoms with Crippen molar-refractivity contribution < 1.29 is 28.6 Å². The van der Waals surface area contributed by atoms with Gasteiger partial charge in [-0.3, -0.25) is 14.9 Å². The largest absolute Gasteiger partial charge is 0.457 e. The highest BCUT2D eigenvalue weighted by Crippen LogP contribution is 2.28. The number of hydrogen-bond acceptors (Lipinski definition) is 9. The monoisotopic (exact) mass is 878 g/mol. The Morgan fingerprint density at radius 1 is 0.523 bits per heavy atom. The minimum absolute atomic E-state index is 0.00992. The van der Waals surface area contributed by atoms with Crippen LogP contribution in [0.2, 0.25) is 0 Å². The lowest BCUT2D eigenvalue weighted by Crippen LogP contribution is -2.27. The van der Waals surface area contributed by atoms with E-state index in [1.165, 1.54) is 11.1 Å². The van der Waals surface area contributed by atoms with Gasteiger partial charge in [-0.2, -0.15) is 0 Å². The van der Waals surface area contributed by atoms with E-state index in [2.05, 4.69) is 79.6 Å². The van der Waals surface area contributed by atoms with Gasteiger partial charge in [0, 0.05) is 48.7 Å². The van der Waals surface area contributed by atoms with Crippen molar-refractivity contribution in [2.45, 2.75) is 104 Å². The van der Waals surface area contributed by atoms with Crippen LogP contribution in [0.25, 0.3) is 0 Å². The van der Waals surface area contributed by atoms with Crippen molar-refractivity contribution in [1.29, 1.82) is 0 Å². The third kappa shape index (κ3) is 17.1. The van der Waals surface area contributed by atoms with Gasteiger partial charge >= 0.3 is 6.09 Å². The Hall–Kier alpha value is -7.21. The van der Waals surface area contributed by atoms with Crippen molar-refractivity contribution in [3.05, 3.63) is 156 Å². The predicted octanol–water partition coefficient (Wildman–Crippen LogP) is 12.4. The molecule has 0 spiro atoms.